The molecule has 5 heteroatoms. The standard InChI is InChI=1S/C16H24N2O2S/c1-11-12(2)21-16-10-15(20-8-4-6-18)14(9-13(11)16)19-7-3-5-17/h9-10H,3-8,17-18H2,1-2H3. The van der Waals surface area contributed by atoms with E-state index in [4.69, 9.17) is 20.9 Å². The zero-order chi connectivity index (χ0) is 15.2. The fourth-order valence-corrected chi connectivity index (χ4v) is 3.19. The molecule has 0 aliphatic heterocycles. The lowest BCUT2D eigenvalue weighted by Gasteiger charge is -2.13. The third kappa shape index (κ3) is 3.87. The molecule has 0 saturated heterocycles. The summed E-state index contributed by atoms with van der Waals surface area (Å²) in [6.45, 7) is 6.76. The predicted octanol–water partition coefficient (Wildman–Crippen LogP) is 2.97. The van der Waals surface area contributed by atoms with E-state index in [2.05, 4.69) is 26.0 Å². The van der Waals surface area contributed by atoms with Gasteiger partial charge in [0.25, 0.3) is 0 Å². The van der Waals surface area contributed by atoms with Gasteiger partial charge in [0, 0.05) is 15.6 Å². The Morgan fingerprint density at radius 2 is 1.52 bits per heavy atom. The number of ether oxygens (including phenoxy) is 2. The number of thiophene rings is 1. The van der Waals surface area contributed by atoms with Gasteiger partial charge in [0.05, 0.1) is 13.2 Å². The fourth-order valence-electron chi connectivity index (χ4n) is 2.11. The fraction of sp³-hybridized carbons (Fsp3) is 0.500. The Balaban J connectivity index is 2.29. The van der Waals surface area contributed by atoms with Crippen LogP contribution in [0.5, 0.6) is 11.5 Å². The second kappa shape index (κ2) is 7.64. The van der Waals surface area contributed by atoms with Crippen LogP contribution in [0.15, 0.2) is 12.1 Å². The molecular weight excluding hydrogens is 284 g/mol. The van der Waals surface area contributed by atoms with E-state index in [9.17, 15) is 0 Å². The molecule has 0 bridgehead atoms. The Hall–Kier alpha value is -1.30. The van der Waals surface area contributed by atoms with Crippen molar-refractivity contribution in [1.29, 1.82) is 0 Å². The number of rotatable bonds is 8. The molecule has 21 heavy (non-hydrogen) atoms. The Morgan fingerprint density at radius 3 is 2.10 bits per heavy atom. The Labute approximate surface area is 130 Å². The molecule has 0 unspecified atom stereocenters. The van der Waals surface area contributed by atoms with E-state index in [1.54, 1.807) is 11.3 Å². The summed E-state index contributed by atoms with van der Waals surface area (Å²) in [7, 11) is 0. The lowest BCUT2D eigenvalue weighted by Crippen LogP contribution is -2.09. The second-order valence-electron chi connectivity index (χ2n) is 5.06. The zero-order valence-electron chi connectivity index (χ0n) is 12.8. The summed E-state index contributed by atoms with van der Waals surface area (Å²) >= 11 is 1.79. The van der Waals surface area contributed by atoms with Gasteiger partial charge in [-0.2, -0.15) is 0 Å². The molecule has 1 heterocycles. The smallest absolute Gasteiger partial charge is 0.162 e. The van der Waals surface area contributed by atoms with Crippen LogP contribution in [0.4, 0.5) is 0 Å². The average molecular weight is 308 g/mol. The molecule has 0 fully saturated rings. The maximum atomic E-state index is 5.85. The molecular formula is C16H24N2O2S. The Bertz CT molecular complexity index is 595. The molecule has 0 amide bonds. The van der Waals surface area contributed by atoms with Gasteiger partial charge in [0.2, 0.25) is 0 Å². The minimum atomic E-state index is 0.609. The van der Waals surface area contributed by atoms with Gasteiger partial charge in [-0.15, -0.1) is 11.3 Å². The molecule has 0 spiro atoms. The highest BCUT2D eigenvalue weighted by Gasteiger charge is 2.12. The number of hydrogen-bond donors (Lipinski definition) is 2. The number of hydrogen-bond acceptors (Lipinski definition) is 5. The van der Waals surface area contributed by atoms with E-state index < -0.39 is 0 Å². The van der Waals surface area contributed by atoms with Gasteiger partial charge in [0.1, 0.15) is 0 Å². The van der Waals surface area contributed by atoms with Crippen LogP contribution in [0.3, 0.4) is 0 Å². The lowest BCUT2D eigenvalue weighted by atomic mass is 10.1. The minimum absolute atomic E-state index is 0.609. The number of fused-ring (bicyclic) bond motifs is 1. The molecule has 0 saturated carbocycles. The molecule has 2 aromatic rings. The summed E-state index contributed by atoms with van der Waals surface area (Å²) in [5.74, 6) is 1.60. The van der Waals surface area contributed by atoms with E-state index >= 15 is 0 Å². The van der Waals surface area contributed by atoms with Crippen LogP contribution in [0.25, 0.3) is 10.1 Å². The molecule has 0 aliphatic carbocycles. The quantitative estimate of drug-likeness (QED) is 0.736. The van der Waals surface area contributed by atoms with E-state index in [0.717, 1.165) is 24.3 Å². The molecule has 116 valence electrons. The zero-order valence-corrected chi connectivity index (χ0v) is 13.6. The maximum Gasteiger partial charge on any atom is 0.162 e. The molecule has 4 N–H and O–H groups in total. The number of nitrogens with two attached hydrogens (primary N) is 2. The van der Waals surface area contributed by atoms with Crippen LogP contribution < -0.4 is 20.9 Å². The SMILES string of the molecule is Cc1sc2cc(OCCCN)c(OCCCN)cc2c1C. The van der Waals surface area contributed by atoms with E-state index in [1.165, 1.54) is 20.5 Å². The van der Waals surface area contributed by atoms with Crippen LogP contribution in [0.1, 0.15) is 23.3 Å². The highest BCUT2D eigenvalue weighted by molar-refractivity contribution is 7.19. The summed E-state index contributed by atoms with van der Waals surface area (Å²) in [4.78, 5) is 1.33. The van der Waals surface area contributed by atoms with Crippen LogP contribution >= 0.6 is 11.3 Å². The topological polar surface area (TPSA) is 70.5 Å². The Kier molecular flexibility index (Phi) is 5.85. The van der Waals surface area contributed by atoms with Crippen molar-refractivity contribution in [3.05, 3.63) is 22.6 Å². The molecule has 2 rings (SSSR count). The normalized spacial score (nSPS) is 11.0. The first-order chi connectivity index (χ1) is 10.2. The largest absolute Gasteiger partial charge is 0.490 e. The van der Waals surface area contributed by atoms with Gasteiger partial charge in [-0.25, -0.2) is 0 Å². The average Bonchev–Trinajstić information content (AvgIpc) is 2.74. The molecule has 0 aliphatic rings. The summed E-state index contributed by atoms with van der Waals surface area (Å²) < 4.78 is 12.9. The molecule has 1 aromatic heterocycles. The van der Waals surface area contributed by atoms with Crippen molar-refractivity contribution < 1.29 is 9.47 Å². The Morgan fingerprint density at radius 1 is 0.952 bits per heavy atom. The van der Waals surface area contributed by atoms with E-state index in [-0.39, 0.29) is 0 Å². The first-order valence-electron chi connectivity index (χ1n) is 7.37. The van der Waals surface area contributed by atoms with Crippen LogP contribution in [-0.2, 0) is 0 Å². The minimum Gasteiger partial charge on any atom is -0.490 e. The lowest BCUT2D eigenvalue weighted by molar-refractivity contribution is 0.266. The van der Waals surface area contributed by atoms with Crippen LogP contribution in [0, 0.1) is 13.8 Å². The van der Waals surface area contributed by atoms with Gasteiger partial charge >= 0.3 is 0 Å². The van der Waals surface area contributed by atoms with E-state index in [1.807, 2.05) is 0 Å². The first kappa shape index (κ1) is 16.1. The summed E-state index contributed by atoms with van der Waals surface area (Å²) in [6.07, 6.45) is 1.67. The third-order valence-electron chi connectivity index (χ3n) is 3.45. The van der Waals surface area contributed by atoms with E-state index in [0.29, 0.717) is 26.3 Å². The van der Waals surface area contributed by atoms with Crippen molar-refractivity contribution in [1.82, 2.24) is 0 Å². The predicted molar refractivity (Wildman–Crippen MR) is 89.6 cm³/mol. The third-order valence-corrected chi connectivity index (χ3v) is 4.62. The number of benzene rings is 1. The summed E-state index contributed by atoms with van der Waals surface area (Å²) in [5.41, 5.74) is 12.4. The summed E-state index contributed by atoms with van der Waals surface area (Å²) in [5, 5.41) is 1.24. The van der Waals surface area contributed by atoms with Crippen LogP contribution in [-0.4, -0.2) is 26.3 Å². The molecule has 1 aromatic carbocycles. The highest BCUT2D eigenvalue weighted by Crippen LogP contribution is 2.39. The van der Waals surface area contributed by atoms with Crippen molar-refractivity contribution >= 4 is 21.4 Å². The first-order valence-corrected chi connectivity index (χ1v) is 8.18. The van der Waals surface area contributed by atoms with Crippen LogP contribution in [0.2, 0.25) is 0 Å². The van der Waals surface area contributed by atoms with Gasteiger partial charge in [-0.1, -0.05) is 0 Å². The van der Waals surface area contributed by atoms with Crippen molar-refractivity contribution in [2.45, 2.75) is 26.7 Å². The molecule has 4 nitrogen and oxygen atoms in total. The monoisotopic (exact) mass is 308 g/mol. The maximum absolute atomic E-state index is 5.85. The van der Waals surface area contributed by atoms with Gasteiger partial charge in [-0.3, -0.25) is 0 Å². The second-order valence-corrected chi connectivity index (χ2v) is 6.32. The van der Waals surface area contributed by atoms with Gasteiger partial charge in [0.15, 0.2) is 11.5 Å². The van der Waals surface area contributed by atoms with Gasteiger partial charge < -0.3 is 20.9 Å². The highest BCUT2D eigenvalue weighted by atomic mass is 32.1. The molecule has 0 atom stereocenters. The van der Waals surface area contributed by atoms with Crippen molar-refractivity contribution in [2.24, 2.45) is 11.5 Å². The van der Waals surface area contributed by atoms with Gasteiger partial charge in [-0.05, 0) is 56.8 Å². The molecule has 0 radical (unpaired) electrons. The van der Waals surface area contributed by atoms with Crippen molar-refractivity contribution in [3.63, 3.8) is 0 Å². The number of aryl methyl sites for hydroxylation is 2. The van der Waals surface area contributed by atoms with Crippen molar-refractivity contribution in [2.75, 3.05) is 26.3 Å². The summed E-state index contributed by atoms with van der Waals surface area (Å²) in [6, 6.07) is 4.16. The van der Waals surface area contributed by atoms with Crippen molar-refractivity contribution in [3.8, 4) is 11.5 Å².